The third-order valence-corrected chi connectivity index (χ3v) is 4.63. The molecule has 106 valence electrons. The van der Waals surface area contributed by atoms with Gasteiger partial charge in [-0.15, -0.1) is 10.2 Å². The fourth-order valence-electron chi connectivity index (χ4n) is 2.70. The highest BCUT2D eigenvalue weighted by atomic mass is 32.1. The quantitative estimate of drug-likeness (QED) is 0.870. The molecule has 0 aliphatic carbocycles. The SMILES string of the molecule is Cc1ccnc(-c2nnc(CN3CCCC(C)C3)s2)c1. The maximum Gasteiger partial charge on any atom is 0.166 e. The van der Waals surface area contributed by atoms with Gasteiger partial charge in [-0.3, -0.25) is 9.88 Å². The van der Waals surface area contributed by atoms with Gasteiger partial charge in [-0.25, -0.2) is 0 Å². The second-order valence-electron chi connectivity index (χ2n) is 5.70. The zero-order chi connectivity index (χ0) is 13.9. The molecule has 1 atom stereocenters. The van der Waals surface area contributed by atoms with Crippen molar-refractivity contribution in [2.75, 3.05) is 13.1 Å². The number of hydrogen-bond acceptors (Lipinski definition) is 5. The number of aromatic nitrogens is 3. The van der Waals surface area contributed by atoms with Crippen molar-refractivity contribution in [2.45, 2.75) is 33.2 Å². The Bertz CT molecular complexity index is 581. The van der Waals surface area contributed by atoms with Gasteiger partial charge in [-0.1, -0.05) is 18.3 Å². The summed E-state index contributed by atoms with van der Waals surface area (Å²) in [6, 6.07) is 4.06. The predicted octanol–water partition coefficient (Wildman–Crippen LogP) is 3.14. The molecule has 3 rings (SSSR count). The second-order valence-corrected chi connectivity index (χ2v) is 6.76. The van der Waals surface area contributed by atoms with Gasteiger partial charge >= 0.3 is 0 Å². The van der Waals surface area contributed by atoms with Crippen LogP contribution >= 0.6 is 11.3 Å². The molecule has 0 saturated carbocycles. The smallest absolute Gasteiger partial charge is 0.166 e. The zero-order valence-corrected chi connectivity index (χ0v) is 12.9. The lowest BCUT2D eigenvalue weighted by molar-refractivity contribution is 0.176. The Morgan fingerprint density at radius 1 is 1.40 bits per heavy atom. The first kappa shape index (κ1) is 13.6. The minimum Gasteiger partial charge on any atom is -0.296 e. The number of hydrogen-bond donors (Lipinski definition) is 0. The summed E-state index contributed by atoms with van der Waals surface area (Å²) in [5.41, 5.74) is 2.14. The van der Waals surface area contributed by atoms with E-state index in [0.717, 1.165) is 28.2 Å². The lowest BCUT2D eigenvalue weighted by Gasteiger charge is -2.29. The van der Waals surface area contributed by atoms with Gasteiger partial charge in [0, 0.05) is 12.7 Å². The molecular formula is C15H20N4S. The van der Waals surface area contributed by atoms with Gasteiger partial charge in [0.05, 0.1) is 6.54 Å². The third-order valence-electron chi connectivity index (χ3n) is 3.70. The molecule has 1 unspecified atom stereocenters. The van der Waals surface area contributed by atoms with Crippen LogP contribution in [0.25, 0.3) is 10.7 Å². The van der Waals surface area contributed by atoms with Gasteiger partial charge in [-0.05, 0) is 49.9 Å². The summed E-state index contributed by atoms with van der Waals surface area (Å²) in [5, 5.41) is 10.6. The van der Waals surface area contributed by atoms with Crippen LogP contribution in [-0.2, 0) is 6.54 Å². The van der Waals surface area contributed by atoms with Crippen molar-refractivity contribution in [2.24, 2.45) is 5.92 Å². The summed E-state index contributed by atoms with van der Waals surface area (Å²) in [6.07, 6.45) is 4.48. The summed E-state index contributed by atoms with van der Waals surface area (Å²) >= 11 is 1.66. The van der Waals surface area contributed by atoms with E-state index in [1.807, 2.05) is 12.3 Å². The van der Waals surface area contributed by atoms with Crippen molar-refractivity contribution in [1.29, 1.82) is 0 Å². The Balaban J connectivity index is 1.70. The summed E-state index contributed by atoms with van der Waals surface area (Å²) in [6.45, 7) is 7.68. The maximum atomic E-state index is 4.38. The van der Waals surface area contributed by atoms with E-state index in [0.29, 0.717) is 0 Å². The van der Waals surface area contributed by atoms with E-state index >= 15 is 0 Å². The van der Waals surface area contributed by atoms with E-state index in [1.54, 1.807) is 11.3 Å². The van der Waals surface area contributed by atoms with Crippen molar-refractivity contribution >= 4 is 11.3 Å². The standard InChI is InChI=1S/C15H20N4S/c1-11-5-6-16-13(8-11)15-18-17-14(20-15)10-19-7-3-4-12(2)9-19/h5-6,8,12H,3-4,7,9-10H2,1-2H3. The molecular weight excluding hydrogens is 268 g/mol. The number of aryl methyl sites for hydroxylation is 1. The van der Waals surface area contributed by atoms with Crippen LogP contribution in [0.5, 0.6) is 0 Å². The van der Waals surface area contributed by atoms with Gasteiger partial charge < -0.3 is 0 Å². The first-order valence-electron chi connectivity index (χ1n) is 7.18. The number of nitrogens with zero attached hydrogens (tertiary/aromatic N) is 4. The van der Waals surface area contributed by atoms with Crippen LogP contribution in [0.3, 0.4) is 0 Å². The number of likely N-dealkylation sites (tertiary alicyclic amines) is 1. The molecule has 2 aromatic rings. The average molecular weight is 288 g/mol. The number of rotatable bonds is 3. The van der Waals surface area contributed by atoms with E-state index in [-0.39, 0.29) is 0 Å². The fourth-order valence-corrected chi connectivity index (χ4v) is 3.55. The Morgan fingerprint density at radius 2 is 2.30 bits per heavy atom. The van der Waals surface area contributed by atoms with Crippen molar-refractivity contribution < 1.29 is 0 Å². The number of pyridine rings is 1. The van der Waals surface area contributed by atoms with Gasteiger partial charge in [0.2, 0.25) is 0 Å². The van der Waals surface area contributed by atoms with Crippen LogP contribution in [0.4, 0.5) is 0 Å². The van der Waals surface area contributed by atoms with Gasteiger partial charge in [0.1, 0.15) is 10.7 Å². The average Bonchev–Trinajstić information content (AvgIpc) is 2.87. The van der Waals surface area contributed by atoms with Crippen molar-refractivity contribution in [3.8, 4) is 10.7 Å². The minimum atomic E-state index is 0.801. The lowest BCUT2D eigenvalue weighted by atomic mass is 10.0. The second kappa shape index (κ2) is 5.97. The van der Waals surface area contributed by atoms with E-state index in [1.165, 1.54) is 31.5 Å². The molecule has 1 fully saturated rings. The fraction of sp³-hybridized carbons (Fsp3) is 0.533. The Kier molecular flexibility index (Phi) is 4.08. The van der Waals surface area contributed by atoms with Crippen LogP contribution in [0.2, 0.25) is 0 Å². The minimum absolute atomic E-state index is 0.801. The van der Waals surface area contributed by atoms with Crippen molar-refractivity contribution in [3.05, 3.63) is 28.9 Å². The summed E-state index contributed by atoms with van der Waals surface area (Å²) < 4.78 is 0. The molecule has 0 N–H and O–H groups in total. The molecule has 1 aliphatic rings. The highest BCUT2D eigenvalue weighted by Crippen LogP contribution is 2.24. The summed E-state index contributed by atoms with van der Waals surface area (Å²) in [4.78, 5) is 6.86. The molecule has 0 aromatic carbocycles. The van der Waals surface area contributed by atoms with Gasteiger partial charge in [-0.2, -0.15) is 0 Å². The monoisotopic (exact) mass is 288 g/mol. The molecule has 0 spiro atoms. The van der Waals surface area contributed by atoms with Crippen LogP contribution < -0.4 is 0 Å². The van der Waals surface area contributed by atoms with Gasteiger partial charge in [0.25, 0.3) is 0 Å². The number of piperidine rings is 1. The van der Waals surface area contributed by atoms with E-state index in [4.69, 9.17) is 0 Å². The van der Waals surface area contributed by atoms with Crippen molar-refractivity contribution in [1.82, 2.24) is 20.1 Å². The molecule has 0 radical (unpaired) electrons. The summed E-state index contributed by atoms with van der Waals surface area (Å²) in [7, 11) is 0. The third kappa shape index (κ3) is 3.22. The molecule has 20 heavy (non-hydrogen) atoms. The highest BCUT2D eigenvalue weighted by molar-refractivity contribution is 7.14. The molecule has 0 amide bonds. The first-order valence-corrected chi connectivity index (χ1v) is 8.00. The largest absolute Gasteiger partial charge is 0.296 e. The predicted molar refractivity (Wildman–Crippen MR) is 81.6 cm³/mol. The maximum absolute atomic E-state index is 4.38. The molecule has 1 aliphatic heterocycles. The Hall–Kier alpha value is -1.33. The molecule has 2 aromatic heterocycles. The van der Waals surface area contributed by atoms with Crippen LogP contribution in [-0.4, -0.2) is 33.2 Å². The molecule has 3 heterocycles. The Labute approximate surface area is 123 Å². The van der Waals surface area contributed by atoms with E-state index in [9.17, 15) is 0 Å². The lowest BCUT2D eigenvalue weighted by Crippen LogP contribution is -2.33. The molecule has 1 saturated heterocycles. The molecule has 4 nitrogen and oxygen atoms in total. The van der Waals surface area contributed by atoms with Crippen LogP contribution in [0.1, 0.15) is 30.3 Å². The van der Waals surface area contributed by atoms with Crippen molar-refractivity contribution in [3.63, 3.8) is 0 Å². The van der Waals surface area contributed by atoms with Crippen LogP contribution in [0.15, 0.2) is 18.3 Å². The normalized spacial score (nSPS) is 20.2. The highest BCUT2D eigenvalue weighted by Gasteiger charge is 2.18. The van der Waals surface area contributed by atoms with E-state index in [2.05, 4.69) is 40.0 Å². The zero-order valence-electron chi connectivity index (χ0n) is 12.0. The Morgan fingerprint density at radius 3 is 3.10 bits per heavy atom. The first-order chi connectivity index (χ1) is 9.70. The molecule has 0 bridgehead atoms. The van der Waals surface area contributed by atoms with Crippen LogP contribution in [0, 0.1) is 12.8 Å². The van der Waals surface area contributed by atoms with E-state index < -0.39 is 0 Å². The topological polar surface area (TPSA) is 41.9 Å². The summed E-state index contributed by atoms with van der Waals surface area (Å²) in [5.74, 6) is 0.801. The molecule has 5 heteroatoms. The van der Waals surface area contributed by atoms with Gasteiger partial charge in [0.15, 0.2) is 5.01 Å².